The van der Waals surface area contributed by atoms with E-state index in [2.05, 4.69) is 55.7 Å². The van der Waals surface area contributed by atoms with Crippen molar-refractivity contribution in [3.05, 3.63) is 45.5 Å². The van der Waals surface area contributed by atoms with Crippen LogP contribution in [0.25, 0.3) is 0 Å². The highest BCUT2D eigenvalue weighted by atomic mass is 32.1. The molecule has 0 saturated carbocycles. The Morgan fingerprint density at radius 2 is 1.11 bits per heavy atom. The zero-order valence-electron chi connectivity index (χ0n) is 22.9. The first-order valence-electron chi connectivity index (χ1n) is 12.4. The minimum absolute atomic E-state index is 0.00164. The number of nitrogens with zero attached hydrogens (tertiary/aromatic N) is 1. The Morgan fingerprint density at radius 3 is 1.43 bits per heavy atom. The van der Waals surface area contributed by atoms with E-state index in [9.17, 15) is 14.5 Å². The molecule has 35 heavy (non-hydrogen) atoms. The van der Waals surface area contributed by atoms with Crippen LogP contribution in [0.15, 0.2) is 14.8 Å². The standard InChI is InChI=1S/C10H14N2O2S.C10H15NOS.C6H15N/c1-10(2,3)6-7(8(13)9(6)15)11-4-5-12-14;1-5-11-7-6(10(2,3)4)9(13)8(7)12;1-3-5-7-6-4-2/h11H,4-5H2,1-3H3;11H,5H2,1-4H3;7H,3-6H2,1-2H3. The monoisotopic (exact) mass is 524 g/mol. The number of anilines is 2. The predicted octanol–water partition coefficient (Wildman–Crippen LogP) is 5.90. The van der Waals surface area contributed by atoms with Crippen molar-refractivity contribution in [1.82, 2.24) is 5.32 Å². The fraction of sp³-hybridized carbons (Fsp3) is 0.692. The van der Waals surface area contributed by atoms with E-state index in [0.717, 1.165) is 23.4 Å². The SMILES string of the molecule is CC(C)(C)c1c(NCCN=O)c(=O)c1=S.CCCNCCC.CCNc1c(C(C)(C)C)c(=S)c1=O. The molecule has 0 radical (unpaired) electrons. The van der Waals surface area contributed by atoms with Gasteiger partial charge < -0.3 is 16.0 Å². The highest BCUT2D eigenvalue weighted by Gasteiger charge is 2.28. The second-order valence-corrected chi connectivity index (χ2v) is 11.2. The molecule has 0 aromatic heterocycles. The number of nitroso groups, excluding NO2 is 1. The number of nitrogens with one attached hydrogen (secondary N) is 3. The molecular weight excluding hydrogens is 480 g/mol. The van der Waals surface area contributed by atoms with Crippen molar-refractivity contribution in [1.29, 1.82) is 0 Å². The van der Waals surface area contributed by atoms with E-state index >= 15 is 0 Å². The Hall–Kier alpha value is -1.84. The Morgan fingerprint density at radius 1 is 0.714 bits per heavy atom. The zero-order chi connectivity index (χ0) is 27.4. The molecular formula is C26H44N4O3S2. The van der Waals surface area contributed by atoms with Crippen molar-refractivity contribution in [3.63, 3.8) is 0 Å². The maximum Gasteiger partial charge on any atom is 0.220 e. The molecule has 9 heteroatoms. The van der Waals surface area contributed by atoms with Gasteiger partial charge in [-0.15, -0.1) is 0 Å². The fourth-order valence-corrected chi connectivity index (χ4v) is 4.45. The highest BCUT2D eigenvalue weighted by Crippen LogP contribution is 2.31. The van der Waals surface area contributed by atoms with Crippen LogP contribution in [0.4, 0.5) is 11.4 Å². The van der Waals surface area contributed by atoms with Crippen LogP contribution >= 0.6 is 24.4 Å². The summed E-state index contributed by atoms with van der Waals surface area (Å²) in [6, 6.07) is 0. The molecule has 0 amide bonds. The normalized spacial score (nSPS) is 11.3. The summed E-state index contributed by atoms with van der Waals surface area (Å²) < 4.78 is 0.910. The molecule has 0 heterocycles. The lowest BCUT2D eigenvalue weighted by molar-refractivity contribution is 0.583. The van der Waals surface area contributed by atoms with Crippen LogP contribution in [0.2, 0.25) is 0 Å². The van der Waals surface area contributed by atoms with E-state index in [4.69, 9.17) is 24.4 Å². The first kappa shape index (κ1) is 33.2. The number of hydrogen-bond acceptors (Lipinski definition) is 9. The van der Waals surface area contributed by atoms with E-state index in [0.29, 0.717) is 21.3 Å². The number of rotatable bonds is 10. The molecule has 0 bridgehead atoms. The Bertz CT molecular complexity index is 1060. The van der Waals surface area contributed by atoms with E-state index in [1.807, 2.05) is 27.7 Å². The molecule has 0 aliphatic rings. The first-order valence-corrected chi connectivity index (χ1v) is 13.2. The average Bonchev–Trinajstić information content (AvgIpc) is 2.77. The third kappa shape index (κ3) is 9.97. The van der Waals surface area contributed by atoms with Gasteiger partial charge in [-0.3, -0.25) is 9.59 Å². The van der Waals surface area contributed by atoms with Gasteiger partial charge in [-0.2, -0.15) is 4.91 Å². The predicted molar refractivity (Wildman–Crippen MR) is 156 cm³/mol. The molecule has 0 unspecified atom stereocenters. The molecule has 0 fully saturated rings. The summed E-state index contributed by atoms with van der Waals surface area (Å²) in [5, 5.41) is 12.0. The number of hydrogen-bond donors (Lipinski definition) is 3. The minimum Gasteiger partial charge on any atom is -0.382 e. The van der Waals surface area contributed by atoms with Crippen molar-refractivity contribution in [3.8, 4) is 0 Å². The maximum atomic E-state index is 11.4. The smallest absolute Gasteiger partial charge is 0.220 e. The molecule has 2 aromatic rings. The Balaban J connectivity index is 0.000000529. The van der Waals surface area contributed by atoms with Crippen LogP contribution in [0.3, 0.4) is 0 Å². The van der Waals surface area contributed by atoms with E-state index < -0.39 is 0 Å². The summed E-state index contributed by atoms with van der Waals surface area (Å²) in [6.45, 7) is 22.2. The summed E-state index contributed by atoms with van der Waals surface area (Å²) in [6.07, 6.45) is 2.50. The third-order valence-electron chi connectivity index (χ3n) is 5.03. The lowest BCUT2D eigenvalue weighted by Crippen LogP contribution is -2.29. The van der Waals surface area contributed by atoms with Crippen molar-refractivity contribution in [2.75, 3.05) is 43.4 Å². The van der Waals surface area contributed by atoms with Gasteiger partial charge in [0, 0.05) is 24.2 Å². The maximum absolute atomic E-state index is 11.4. The Kier molecular flexibility index (Phi) is 14.5. The molecule has 0 saturated heterocycles. The topological polar surface area (TPSA) is 99.7 Å². The minimum atomic E-state index is -0.137. The summed E-state index contributed by atoms with van der Waals surface area (Å²) in [7, 11) is 0. The third-order valence-corrected chi connectivity index (χ3v) is 5.81. The van der Waals surface area contributed by atoms with Gasteiger partial charge in [0.1, 0.15) is 0 Å². The molecule has 2 rings (SSSR count). The van der Waals surface area contributed by atoms with Gasteiger partial charge in [0.05, 0.1) is 26.9 Å². The van der Waals surface area contributed by atoms with Crippen LogP contribution in [0.1, 0.15) is 86.3 Å². The molecule has 0 atom stereocenters. The van der Waals surface area contributed by atoms with Gasteiger partial charge in [-0.1, -0.05) is 85.0 Å². The fourth-order valence-electron chi connectivity index (χ4n) is 3.43. The summed E-state index contributed by atoms with van der Waals surface area (Å²) in [5.74, 6) is 0. The zero-order valence-corrected chi connectivity index (χ0v) is 24.6. The van der Waals surface area contributed by atoms with E-state index in [-0.39, 0.29) is 28.2 Å². The van der Waals surface area contributed by atoms with Crippen molar-refractivity contribution < 1.29 is 0 Å². The summed E-state index contributed by atoms with van der Waals surface area (Å²) in [5.41, 5.74) is 2.88. The second-order valence-electron chi connectivity index (χ2n) is 10.4. The van der Waals surface area contributed by atoms with Gasteiger partial charge in [-0.05, 0) is 43.7 Å². The van der Waals surface area contributed by atoms with Crippen LogP contribution in [0, 0.1) is 13.9 Å². The van der Waals surface area contributed by atoms with Gasteiger partial charge in [0.15, 0.2) is 0 Å². The summed E-state index contributed by atoms with van der Waals surface area (Å²) in [4.78, 5) is 32.7. The average molecular weight is 525 g/mol. The molecule has 0 aliphatic heterocycles. The van der Waals surface area contributed by atoms with Crippen LogP contribution in [-0.4, -0.2) is 32.7 Å². The van der Waals surface area contributed by atoms with Gasteiger partial charge in [0.2, 0.25) is 10.9 Å². The van der Waals surface area contributed by atoms with E-state index in [1.54, 1.807) is 0 Å². The quantitative estimate of drug-likeness (QED) is 0.201. The van der Waals surface area contributed by atoms with Crippen molar-refractivity contribution in [2.24, 2.45) is 5.18 Å². The van der Waals surface area contributed by atoms with Gasteiger partial charge >= 0.3 is 0 Å². The van der Waals surface area contributed by atoms with Crippen LogP contribution in [-0.2, 0) is 10.8 Å². The molecule has 3 N–H and O–H groups in total. The lowest BCUT2D eigenvalue weighted by atomic mass is 9.83. The van der Waals surface area contributed by atoms with Crippen molar-refractivity contribution in [2.45, 2.75) is 86.0 Å². The Labute approximate surface area is 220 Å². The highest BCUT2D eigenvalue weighted by molar-refractivity contribution is 7.71. The molecule has 2 aromatic carbocycles. The van der Waals surface area contributed by atoms with Gasteiger partial charge in [-0.25, -0.2) is 0 Å². The van der Waals surface area contributed by atoms with Crippen LogP contribution in [0.5, 0.6) is 0 Å². The second kappa shape index (κ2) is 15.3. The summed E-state index contributed by atoms with van der Waals surface area (Å²) >= 11 is 10.0. The van der Waals surface area contributed by atoms with Crippen LogP contribution < -0.4 is 26.8 Å². The van der Waals surface area contributed by atoms with E-state index in [1.165, 1.54) is 25.9 Å². The largest absolute Gasteiger partial charge is 0.382 e. The molecule has 0 aliphatic carbocycles. The van der Waals surface area contributed by atoms with Gasteiger partial charge in [0.25, 0.3) is 0 Å². The molecule has 0 spiro atoms. The molecule has 198 valence electrons. The molecule has 7 nitrogen and oxygen atoms in total. The first-order chi connectivity index (χ1) is 16.2. The lowest BCUT2D eigenvalue weighted by Gasteiger charge is -2.25. The van der Waals surface area contributed by atoms with Crippen molar-refractivity contribution >= 4 is 35.8 Å².